The van der Waals surface area contributed by atoms with E-state index in [4.69, 9.17) is 5.11 Å². The van der Waals surface area contributed by atoms with Gasteiger partial charge in [-0.25, -0.2) is 9.18 Å². The van der Waals surface area contributed by atoms with Crippen LogP contribution >= 0.6 is 0 Å². The average molecular weight is 259 g/mol. The average Bonchev–Trinajstić information content (AvgIpc) is 2.34. The first-order valence-electron chi connectivity index (χ1n) is 5.84. The van der Waals surface area contributed by atoms with Crippen LogP contribution in [0.15, 0.2) is 36.4 Å². The minimum atomic E-state index is -1.16. The van der Waals surface area contributed by atoms with Crippen molar-refractivity contribution in [2.75, 3.05) is 5.32 Å². The van der Waals surface area contributed by atoms with Gasteiger partial charge in [-0.15, -0.1) is 0 Å². The van der Waals surface area contributed by atoms with Crippen molar-refractivity contribution < 1.29 is 14.3 Å². The van der Waals surface area contributed by atoms with Crippen molar-refractivity contribution in [1.29, 1.82) is 0 Å². The van der Waals surface area contributed by atoms with E-state index in [0.717, 1.165) is 22.9 Å². The van der Waals surface area contributed by atoms with E-state index >= 15 is 0 Å². The van der Waals surface area contributed by atoms with Gasteiger partial charge in [-0.05, 0) is 43.7 Å². The molecule has 0 fully saturated rings. The van der Waals surface area contributed by atoms with E-state index in [-0.39, 0.29) is 5.56 Å². The SMILES string of the molecule is Cc1ccc(Nc2ccc(F)cc2C(=O)O)c(C)c1. The maximum Gasteiger partial charge on any atom is 0.337 e. The predicted octanol–water partition coefficient (Wildman–Crippen LogP) is 3.88. The van der Waals surface area contributed by atoms with Gasteiger partial charge < -0.3 is 10.4 Å². The van der Waals surface area contributed by atoms with E-state index in [1.165, 1.54) is 12.1 Å². The Morgan fingerprint density at radius 1 is 1.11 bits per heavy atom. The molecule has 0 unspecified atom stereocenters. The monoisotopic (exact) mass is 259 g/mol. The molecule has 0 spiro atoms. The van der Waals surface area contributed by atoms with Gasteiger partial charge in [0.2, 0.25) is 0 Å². The first-order chi connectivity index (χ1) is 8.97. The van der Waals surface area contributed by atoms with E-state index in [2.05, 4.69) is 5.32 Å². The molecule has 98 valence electrons. The number of nitrogens with one attached hydrogen (secondary N) is 1. The van der Waals surface area contributed by atoms with Gasteiger partial charge >= 0.3 is 5.97 Å². The minimum absolute atomic E-state index is 0.0834. The highest BCUT2D eigenvalue weighted by Gasteiger charge is 2.12. The molecule has 0 saturated heterocycles. The summed E-state index contributed by atoms with van der Waals surface area (Å²) in [5, 5.41) is 12.1. The van der Waals surface area contributed by atoms with Crippen molar-refractivity contribution in [3.8, 4) is 0 Å². The molecule has 2 aromatic rings. The van der Waals surface area contributed by atoms with Crippen molar-refractivity contribution in [3.63, 3.8) is 0 Å². The van der Waals surface area contributed by atoms with Crippen molar-refractivity contribution in [3.05, 3.63) is 58.9 Å². The van der Waals surface area contributed by atoms with Gasteiger partial charge in [0.1, 0.15) is 5.82 Å². The summed E-state index contributed by atoms with van der Waals surface area (Å²) >= 11 is 0. The lowest BCUT2D eigenvalue weighted by molar-refractivity contribution is 0.0697. The number of rotatable bonds is 3. The molecule has 0 radical (unpaired) electrons. The summed E-state index contributed by atoms with van der Waals surface area (Å²) in [6.45, 7) is 3.91. The molecule has 2 aromatic carbocycles. The number of aromatic carboxylic acids is 1. The van der Waals surface area contributed by atoms with Gasteiger partial charge in [-0.3, -0.25) is 0 Å². The van der Waals surface area contributed by atoms with Crippen LogP contribution in [0.25, 0.3) is 0 Å². The van der Waals surface area contributed by atoms with E-state index in [0.29, 0.717) is 5.69 Å². The number of halogens is 1. The molecule has 0 aliphatic heterocycles. The number of hydrogen-bond donors (Lipinski definition) is 2. The maximum absolute atomic E-state index is 13.1. The Kier molecular flexibility index (Phi) is 3.51. The summed E-state index contributed by atoms with van der Waals surface area (Å²) in [6.07, 6.45) is 0. The van der Waals surface area contributed by atoms with E-state index < -0.39 is 11.8 Å². The van der Waals surface area contributed by atoms with Crippen molar-refractivity contribution >= 4 is 17.3 Å². The molecule has 0 heterocycles. The molecule has 0 aliphatic rings. The van der Waals surface area contributed by atoms with Gasteiger partial charge in [0, 0.05) is 5.69 Å². The maximum atomic E-state index is 13.1. The molecule has 0 aromatic heterocycles. The highest BCUT2D eigenvalue weighted by Crippen LogP contribution is 2.25. The molecular weight excluding hydrogens is 245 g/mol. The number of carboxylic acid groups (broad SMARTS) is 1. The van der Waals surface area contributed by atoms with Crippen LogP contribution in [0.5, 0.6) is 0 Å². The minimum Gasteiger partial charge on any atom is -0.478 e. The summed E-state index contributed by atoms with van der Waals surface area (Å²) in [5.41, 5.74) is 3.22. The molecule has 4 heteroatoms. The van der Waals surface area contributed by atoms with Crippen molar-refractivity contribution in [2.24, 2.45) is 0 Å². The normalized spacial score (nSPS) is 10.3. The Labute approximate surface area is 110 Å². The third-order valence-electron chi connectivity index (χ3n) is 2.86. The summed E-state index contributed by atoms with van der Waals surface area (Å²) in [5.74, 6) is -1.73. The van der Waals surface area contributed by atoms with Crippen LogP contribution in [0, 0.1) is 19.7 Å². The van der Waals surface area contributed by atoms with E-state index in [1.807, 2.05) is 32.0 Å². The Hall–Kier alpha value is -2.36. The molecule has 19 heavy (non-hydrogen) atoms. The van der Waals surface area contributed by atoms with E-state index in [1.54, 1.807) is 0 Å². The largest absolute Gasteiger partial charge is 0.478 e. The lowest BCUT2D eigenvalue weighted by atomic mass is 10.1. The van der Waals surface area contributed by atoms with Gasteiger partial charge in [0.15, 0.2) is 0 Å². The Morgan fingerprint density at radius 2 is 1.79 bits per heavy atom. The van der Waals surface area contributed by atoms with Gasteiger partial charge in [-0.2, -0.15) is 0 Å². The second kappa shape index (κ2) is 5.10. The van der Waals surface area contributed by atoms with Gasteiger partial charge in [0.25, 0.3) is 0 Å². The number of hydrogen-bond acceptors (Lipinski definition) is 2. The van der Waals surface area contributed by atoms with Crippen molar-refractivity contribution in [1.82, 2.24) is 0 Å². The molecule has 0 amide bonds. The van der Waals surface area contributed by atoms with Gasteiger partial charge in [0.05, 0.1) is 11.3 Å². The molecule has 0 aliphatic carbocycles. The van der Waals surface area contributed by atoms with Crippen LogP contribution in [-0.2, 0) is 0 Å². The topological polar surface area (TPSA) is 49.3 Å². The zero-order chi connectivity index (χ0) is 14.0. The van der Waals surface area contributed by atoms with Crippen LogP contribution in [0.4, 0.5) is 15.8 Å². The zero-order valence-electron chi connectivity index (χ0n) is 10.7. The zero-order valence-corrected chi connectivity index (χ0v) is 10.7. The van der Waals surface area contributed by atoms with Crippen LogP contribution in [0.3, 0.4) is 0 Å². The predicted molar refractivity (Wildman–Crippen MR) is 72.6 cm³/mol. The van der Waals surface area contributed by atoms with Crippen LogP contribution in [0.2, 0.25) is 0 Å². The first kappa shape index (κ1) is 13.1. The second-order valence-electron chi connectivity index (χ2n) is 4.44. The molecule has 3 nitrogen and oxygen atoms in total. The summed E-state index contributed by atoms with van der Waals surface area (Å²) in [4.78, 5) is 11.1. The lowest BCUT2D eigenvalue weighted by Crippen LogP contribution is -2.04. The summed E-state index contributed by atoms with van der Waals surface area (Å²) in [7, 11) is 0. The third-order valence-corrected chi connectivity index (χ3v) is 2.86. The van der Waals surface area contributed by atoms with Crippen LogP contribution < -0.4 is 5.32 Å². The smallest absolute Gasteiger partial charge is 0.337 e. The fourth-order valence-electron chi connectivity index (χ4n) is 1.90. The molecule has 2 N–H and O–H groups in total. The lowest BCUT2D eigenvalue weighted by Gasteiger charge is -2.12. The summed E-state index contributed by atoms with van der Waals surface area (Å²) in [6, 6.07) is 9.47. The van der Waals surface area contributed by atoms with Crippen LogP contribution in [0.1, 0.15) is 21.5 Å². The number of carbonyl (C=O) groups is 1. The Bertz CT molecular complexity index is 638. The fraction of sp³-hybridized carbons (Fsp3) is 0.133. The Balaban J connectivity index is 2.40. The molecule has 2 rings (SSSR count). The van der Waals surface area contributed by atoms with Crippen LogP contribution in [-0.4, -0.2) is 11.1 Å². The highest BCUT2D eigenvalue weighted by atomic mass is 19.1. The third kappa shape index (κ3) is 2.91. The molecule has 0 saturated carbocycles. The van der Waals surface area contributed by atoms with Gasteiger partial charge in [-0.1, -0.05) is 17.7 Å². The second-order valence-corrected chi connectivity index (χ2v) is 4.44. The number of benzene rings is 2. The molecular formula is C15H14FNO2. The number of carboxylic acids is 1. The standard InChI is InChI=1S/C15H14FNO2/c1-9-3-5-13(10(2)7-9)17-14-6-4-11(16)8-12(14)15(18)19/h3-8,17H,1-2H3,(H,18,19). The van der Waals surface area contributed by atoms with E-state index in [9.17, 15) is 9.18 Å². The Morgan fingerprint density at radius 3 is 2.42 bits per heavy atom. The number of aryl methyl sites for hydroxylation is 2. The molecule has 0 atom stereocenters. The summed E-state index contributed by atoms with van der Waals surface area (Å²) < 4.78 is 13.1. The quantitative estimate of drug-likeness (QED) is 0.879. The fourth-order valence-corrected chi connectivity index (χ4v) is 1.90. The highest BCUT2D eigenvalue weighted by molar-refractivity contribution is 5.95. The number of anilines is 2. The molecule has 0 bridgehead atoms. The first-order valence-corrected chi connectivity index (χ1v) is 5.84. The van der Waals surface area contributed by atoms with Crippen molar-refractivity contribution in [2.45, 2.75) is 13.8 Å².